The van der Waals surface area contributed by atoms with Crippen molar-refractivity contribution in [2.24, 2.45) is 0 Å². The minimum Gasteiger partial charge on any atom is -0.425 e. The molecule has 0 amide bonds. The normalized spacial score (nSPS) is 13.4. The number of rotatable bonds is 5. The van der Waals surface area contributed by atoms with Gasteiger partial charge in [0.15, 0.2) is 0 Å². The zero-order valence-corrected chi connectivity index (χ0v) is 12.7. The lowest BCUT2D eigenvalue weighted by Crippen LogP contribution is -2.37. The fourth-order valence-electron chi connectivity index (χ4n) is 1.97. The van der Waals surface area contributed by atoms with Gasteiger partial charge in [0.25, 0.3) is 0 Å². The fraction of sp³-hybridized carbons (Fsp3) is 0.500. The van der Waals surface area contributed by atoms with Crippen LogP contribution >= 0.6 is 0 Å². The molecule has 1 aromatic carbocycles. The van der Waals surface area contributed by atoms with Gasteiger partial charge in [0.1, 0.15) is 0 Å². The van der Waals surface area contributed by atoms with Crippen LogP contribution in [0.5, 0.6) is 0 Å². The van der Waals surface area contributed by atoms with Crippen LogP contribution in [-0.2, 0) is 6.42 Å². The number of hydrogen-bond acceptors (Lipinski definition) is 4. The molecule has 20 heavy (non-hydrogen) atoms. The Bertz CT molecular complexity index is 528. The van der Waals surface area contributed by atoms with Gasteiger partial charge in [0.2, 0.25) is 11.8 Å². The van der Waals surface area contributed by atoms with E-state index in [0.29, 0.717) is 11.8 Å². The molecule has 4 heteroatoms. The molecular formula is C16H23N3O. The molecule has 0 aliphatic carbocycles. The Labute approximate surface area is 120 Å². The summed E-state index contributed by atoms with van der Waals surface area (Å²) in [5.74, 6) is 1.51. The molecule has 2 aromatic rings. The van der Waals surface area contributed by atoms with Crippen LogP contribution in [-0.4, -0.2) is 22.3 Å². The molecular weight excluding hydrogens is 250 g/mol. The highest BCUT2D eigenvalue weighted by molar-refractivity contribution is 5.23. The molecule has 1 aromatic heterocycles. The summed E-state index contributed by atoms with van der Waals surface area (Å²) in [5, 5.41) is 11.7. The smallest absolute Gasteiger partial charge is 0.223 e. The summed E-state index contributed by atoms with van der Waals surface area (Å²) < 4.78 is 5.75. The van der Waals surface area contributed by atoms with Crippen LogP contribution in [0.4, 0.5) is 0 Å². The van der Waals surface area contributed by atoms with Gasteiger partial charge < -0.3 is 9.73 Å². The van der Waals surface area contributed by atoms with Crippen LogP contribution in [0.1, 0.15) is 51.0 Å². The van der Waals surface area contributed by atoms with E-state index >= 15 is 0 Å². The van der Waals surface area contributed by atoms with E-state index in [-0.39, 0.29) is 11.5 Å². The zero-order chi connectivity index (χ0) is 14.6. The van der Waals surface area contributed by atoms with E-state index in [1.165, 1.54) is 5.56 Å². The maximum atomic E-state index is 5.75. The molecule has 0 saturated carbocycles. The Morgan fingerprint density at radius 2 is 1.85 bits per heavy atom. The van der Waals surface area contributed by atoms with E-state index < -0.39 is 0 Å². The van der Waals surface area contributed by atoms with Crippen molar-refractivity contribution in [1.29, 1.82) is 0 Å². The molecule has 2 rings (SSSR count). The van der Waals surface area contributed by atoms with Gasteiger partial charge in [-0.15, -0.1) is 10.2 Å². The lowest BCUT2D eigenvalue weighted by molar-refractivity contribution is 0.398. The van der Waals surface area contributed by atoms with Crippen molar-refractivity contribution in [1.82, 2.24) is 15.5 Å². The molecule has 4 nitrogen and oxygen atoms in total. The highest BCUT2D eigenvalue weighted by Crippen LogP contribution is 2.22. The molecule has 0 radical (unpaired) electrons. The van der Waals surface area contributed by atoms with E-state index in [2.05, 4.69) is 55.3 Å². The molecule has 1 heterocycles. The summed E-state index contributed by atoms with van der Waals surface area (Å²) >= 11 is 0. The van der Waals surface area contributed by atoms with Crippen LogP contribution in [0, 0.1) is 0 Å². The van der Waals surface area contributed by atoms with Crippen LogP contribution in [0.25, 0.3) is 0 Å². The van der Waals surface area contributed by atoms with E-state index in [1.807, 2.05) is 18.2 Å². The second kappa shape index (κ2) is 6.18. The molecule has 1 unspecified atom stereocenters. The Hall–Kier alpha value is -1.68. The molecule has 0 spiro atoms. The predicted molar refractivity (Wildman–Crippen MR) is 79.7 cm³/mol. The SMILES string of the molecule is CC(c1ccccc1)c1nnc(CCNC(C)(C)C)o1. The highest BCUT2D eigenvalue weighted by atomic mass is 16.4. The first-order chi connectivity index (χ1) is 9.46. The molecule has 0 aliphatic rings. The Morgan fingerprint density at radius 3 is 2.50 bits per heavy atom. The average molecular weight is 273 g/mol. The zero-order valence-electron chi connectivity index (χ0n) is 12.7. The second-order valence-corrected chi connectivity index (χ2v) is 6.09. The van der Waals surface area contributed by atoms with Crippen LogP contribution in [0.15, 0.2) is 34.7 Å². The number of benzene rings is 1. The number of nitrogens with one attached hydrogen (secondary N) is 1. The van der Waals surface area contributed by atoms with Crippen molar-refractivity contribution in [3.63, 3.8) is 0 Å². The standard InChI is InChI=1S/C16H23N3O/c1-12(13-8-6-5-7-9-13)15-19-18-14(20-15)10-11-17-16(2,3)4/h5-9,12,17H,10-11H2,1-4H3. The minimum absolute atomic E-state index is 0.111. The molecule has 0 saturated heterocycles. The highest BCUT2D eigenvalue weighted by Gasteiger charge is 2.16. The minimum atomic E-state index is 0.111. The molecule has 0 fully saturated rings. The first kappa shape index (κ1) is 14.7. The van der Waals surface area contributed by atoms with Gasteiger partial charge in [-0.05, 0) is 33.3 Å². The maximum absolute atomic E-state index is 5.75. The van der Waals surface area contributed by atoms with E-state index in [4.69, 9.17) is 4.42 Å². The molecule has 0 aliphatic heterocycles. The quantitative estimate of drug-likeness (QED) is 0.909. The van der Waals surface area contributed by atoms with E-state index in [0.717, 1.165) is 13.0 Å². The summed E-state index contributed by atoms with van der Waals surface area (Å²) in [7, 11) is 0. The molecule has 108 valence electrons. The lowest BCUT2D eigenvalue weighted by atomic mass is 10.0. The third kappa shape index (κ3) is 4.17. The van der Waals surface area contributed by atoms with Gasteiger partial charge in [-0.2, -0.15) is 0 Å². The van der Waals surface area contributed by atoms with Gasteiger partial charge in [-0.1, -0.05) is 30.3 Å². The summed E-state index contributed by atoms with van der Waals surface area (Å²) in [6, 6.07) is 10.2. The van der Waals surface area contributed by atoms with Crippen molar-refractivity contribution in [2.75, 3.05) is 6.54 Å². The van der Waals surface area contributed by atoms with Gasteiger partial charge >= 0.3 is 0 Å². The summed E-state index contributed by atoms with van der Waals surface area (Å²) in [6.07, 6.45) is 0.756. The van der Waals surface area contributed by atoms with Gasteiger partial charge in [-0.25, -0.2) is 0 Å². The predicted octanol–water partition coefficient (Wildman–Crippen LogP) is 3.15. The van der Waals surface area contributed by atoms with E-state index in [1.54, 1.807) is 0 Å². The Balaban J connectivity index is 1.95. The van der Waals surface area contributed by atoms with Crippen LogP contribution in [0.3, 0.4) is 0 Å². The first-order valence-electron chi connectivity index (χ1n) is 7.08. The van der Waals surface area contributed by atoms with Gasteiger partial charge in [-0.3, -0.25) is 0 Å². The van der Waals surface area contributed by atoms with Gasteiger partial charge in [0, 0.05) is 18.5 Å². The Kier molecular flexibility index (Phi) is 4.55. The number of aromatic nitrogens is 2. The largest absolute Gasteiger partial charge is 0.425 e. The van der Waals surface area contributed by atoms with Gasteiger partial charge in [0.05, 0.1) is 5.92 Å². The Morgan fingerprint density at radius 1 is 1.15 bits per heavy atom. The van der Waals surface area contributed by atoms with Crippen molar-refractivity contribution >= 4 is 0 Å². The fourth-order valence-corrected chi connectivity index (χ4v) is 1.97. The average Bonchev–Trinajstić information content (AvgIpc) is 2.86. The molecule has 1 N–H and O–H groups in total. The van der Waals surface area contributed by atoms with Crippen LogP contribution < -0.4 is 5.32 Å². The van der Waals surface area contributed by atoms with Crippen LogP contribution in [0.2, 0.25) is 0 Å². The lowest BCUT2D eigenvalue weighted by Gasteiger charge is -2.19. The topological polar surface area (TPSA) is 51.0 Å². The summed E-state index contributed by atoms with van der Waals surface area (Å²) in [5.41, 5.74) is 1.30. The maximum Gasteiger partial charge on any atom is 0.223 e. The second-order valence-electron chi connectivity index (χ2n) is 6.09. The molecule has 1 atom stereocenters. The summed E-state index contributed by atoms with van der Waals surface area (Å²) in [4.78, 5) is 0. The van der Waals surface area contributed by atoms with Crippen molar-refractivity contribution in [2.45, 2.75) is 45.6 Å². The van der Waals surface area contributed by atoms with Crippen molar-refractivity contribution < 1.29 is 4.42 Å². The first-order valence-corrected chi connectivity index (χ1v) is 7.08. The van der Waals surface area contributed by atoms with Crippen molar-refractivity contribution in [3.05, 3.63) is 47.7 Å². The van der Waals surface area contributed by atoms with Crippen molar-refractivity contribution in [3.8, 4) is 0 Å². The summed E-state index contributed by atoms with van der Waals surface area (Å²) in [6.45, 7) is 9.35. The number of nitrogens with zero attached hydrogens (tertiary/aromatic N) is 2. The van der Waals surface area contributed by atoms with E-state index in [9.17, 15) is 0 Å². The molecule has 0 bridgehead atoms. The monoisotopic (exact) mass is 273 g/mol. The number of hydrogen-bond donors (Lipinski definition) is 1. The third-order valence-corrected chi connectivity index (χ3v) is 3.15. The third-order valence-electron chi connectivity index (χ3n) is 3.15.